The van der Waals surface area contributed by atoms with Crippen LogP contribution in [0.25, 0.3) is 0 Å². The average molecular weight is 867 g/mol. The Bertz CT molecular complexity index is 1080. The zero-order chi connectivity index (χ0) is 45.6. The van der Waals surface area contributed by atoms with Crippen molar-refractivity contribution in [2.75, 3.05) is 6.54 Å². The number of nitrogens with zero attached hydrogens (tertiary/aromatic N) is 1. The van der Waals surface area contributed by atoms with Gasteiger partial charge in [0.05, 0.1) is 12.5 Å². The van der Waals surface area contributed by atoms with E-state index in [4.69, 9.17) is 6.11 Å². The molecule has 1 heterocycles. The molecule has 0 saturated carbocycles. The first kappa shape index (κ1) is 55.7. The van der Waals surface area contributed by atoms with E-state index in [1.54, 1.807) is 0 Å². The van der Waals surface area contributed by atoms with Gasteiger partial charge in [0.25, 0.3) is 0 Å². The number of carbonyl (C=O) groups is 3. The molecule has 9 nitrogen and oxygen atoms in total. The van der Waals surface area contributed by atoms with Gasteiger partial charge in [0.2, 0.25) is 5.91 Å². The monoisotopic (exact) mass is 867 g/mol. The van der Waals surface area contributed by atoms with Gasteiger partial charge in [0, 0.05) is 27.2 Å². The molecule has 1 fully saturated rings. The van der Waals surface area contributed by atoms with Gasteiger partial charge >= 0.3 is 0 Å². The Morgan fingerprint density at radius 1 is 0.492 bits per heavy atom. The van der Waals surface area contributed by atoms with E-state index in [1.807, 2.05) is 6.92 Å². The van der Waals surface area contributed by atoms with Crippen molar-refractivity contribution in [3.05, 3.63) is 0 Å². The Hall–Kier alpha value is -1.39. The topological polar surface area (TPSA) is 145 Å². The minimum absolute atomic E-state index is 0.00286. The maximum Gasteiger partial charge on any atom is 0.232 e. The van der Waals surface area contributed by atoms with Crippen LogP contribution in [0.15, 0.2) is 0 Å². The largest absolute Gasteiger partial charge is 0.390 e. The second-order valence-corrected chi connectivity index (χ2v) is 18.7. The second-order valence-electron chi connectivity index (χ2n) is 18.7. The van der Waals surface area contributed by atoms with Gasteiger partial charge in [-0.15, -0.1) is 0 Å². The Morgan fingerprint density at radius 2 is 0.885 bits per heavy atom. The number of rotatable bonds is 44. The molecule has 9 heteroatoms. The molecule has 1 aliphatic heterocycles. The molecule has 1 amide bonds. The van der Waals surface area contributed by atoms with Crippen LogP contribution in [0.1, 0.15) is 273 Å². The van der Waals surface area contributed by atoms with Crippen molar-refractivity contribution in [3.63, 3.8) is 0 Å². The summed E-state index contributed by atoms with van der Waals surface area (Å²) in [6, 6.07) is 0. The maximum absolute atomic E-state index is 13.7. The van der Waals surface area contributed by atoms with Gasteiger partial charge in [-0.1, -0.05) is 226 Å². The normalized spacial score (nSPS) is 20.4. The molecule has 0 radical (unpaired) electrons. The molecule has 360 valence electrons. The lowest BCUT2D eigenvalue weighted by Crippen LogP contribution is -2.65. The number of hydrogen-bond acceptors (Lipinski definition) is 8. The van der Waals surface area contributed by atoms with Gasteiger partial charge in [0.15, 0.2) is 6.23 Å². The number of unbranched alkanes of at least 4 members (excludes halogenated alkanes) is 28. The minimum atomic E-state index is -1.68. The Labute approximate surface area is 376 Å². The van der Waals surface area contributed by atoms with E-state index in [9.17, 15) is 34.8 Å². The molecule has 0 bridgehead atoms. The summed E-state index contributed by atoms with van der Waals surface area (Å²) in [6.45, 7) is 6.69. The highest BCUT2D eigenvalue weighted by Crippen LogP contribution is 2.29. The first-order valence-electron chi connectivity index (χ1n) is 26.8. The second kappa shape index (κ2) is 40.1. The molecule has 3 unspecified atom stereocenters. The van der Waals surface area contributed by atoms with E-state index in [0.29, 0.717) is 19.3 Å². The van der Waals surface area contributed by atoms with Crippen molar-refractivity contribution in [3.8, 4) is 0 Å². The van der Waals surface area contributed by atoms with Crippen LogP contribution < -0.4 is 0 Å². The third-order valence-electron chi connectivity index (χ3n) is 12.9. The molecule has 0 aromatic carbocycles. The van der Waals surface area contributed by atoms with Gasteiger partial charge in [-0.2, -0.15) is 0 Å². The lowest BCUT2D eigenvalue weighted by Gasteiger charge is -2.46. The third-order valence-corrected chi connectivity index (χ3v) is 12.9. The van der Waals surface area contributed by atoms with E-state index < -0.39 is 49.1 Å². The summed E-state index contributed by atoms with van der Waals surface area (Å²) >= 11 is 0. The molecule has 0 spiro atoms. The van der Waals surface area contributed by atoms with E-state index in [-0.39, 0.29) is 43.8 Å². The highest BCUT2D eigenvalue weighted by molar-refractivity contribution is 5.99. The van der Waals surface area contributed by atoms with Crippen LogP contribution in [0.2, 0.25) is 0 Å². The van der Waals surface area contributed by atoms with Crippen molar-refractivity contribution in [1.82, 2.24) is 4.90 Å². The van der Waals surface area contributed by atoms with Gasteiger partial charge < -0.3 is 30.1 Å². The van der Waals surface area contributed by atoms with Crippen molar-refractivity contribution >= 4 is 17.5 Å². The molecule has 1 aliphatic rings. The predicted octanol–water partition coefficient (Wildman–Crippen LogP) is 12.4. The summed E-state index contributed by atoms with van der Waals surface area (Å²) in [5, 5.41) is 44.3. The zero-order valence-electron chi connectivity index (χ0n) is 41.0. The third kappa shape index (κ3) is 29.6. The number of ether oxygens (including phenoxy) is 1. The smallest absolute Gasteiger partial charge is 0.232 e. The molecule has 4 N–H and O–H groups in total. The molecule has 0 aromatic rings. The van der Waals surface area contributed by atoms with Crippen LogP contribution in [0.5, 0.6) is 0 Å². The fraction of sp³-hybridized carbons (Fsp3) is 0.942. The van der Waals surface area contributed by atoms with Crippen LogP contribution in [0, 0.1) is 0 Å². The van der Waals surface area contributed by atoms with Crippen LogP contribution in [-0.4, -0.2) is 86.1 Å². The molecule has 0 aliphatic carbocycles. The minimum Gasteiger partial charge on any atom is -0.390 e. The summed E-state index contributed by atoms with van der Waals surface area (Å²) < 4.78 is 14.7. The Morgan fingerprint density at radius 3 is 1.33 bits per heavy atom. The number of hydrogen-bond donors (Lipinski definition) is 4. The fourth-order valence-corrected chi connectivity index (χ4v) is 8.73. The summed E-state index contributed by atoms with van der Waals surface area (Å²) in [7, 11) is 0. The standard InChI is InChI=1S/C52H99NO8/c1-4-7-10-12-14-16-18-20-22-24-26-28-30-32-34-36-39-46(56)51-49(59)48(58)50(60)52(61-51)53(47(57)43-45(55)41-40-44(54)38-9-6-3)42-37-35-33-31-29-27-25-23-21-19-17-15-13-11-8-5-2/h46,48-52,56,58-60H,4-43H2,1-3H3/t46?,48-,49-,50+,51+,52?/m0/s1/i34D/t34?,46?,48-,49-,50+,51+,52?. The first-order valence-corrected chi connectivity index (χ1v) is 26.2. The number of aliphatic hydroxyl groups is 4. The van der Waals surface area contributed by atoms with Gasteiger partial charge in [0.1, 0.15) is 36.0 Å². The van der Waals surface area contributed by atoms with Gasteiger partial charge in [-0.25, -0.2) is 0 Å². The van der Waals surface area contributed by atoms with Crippen molar-refractivity contribution < 1.29 is 40.9 Å². The highest BCUT2D eigenvalue weighted by atomic mass is 16.6. The summed E-state index contributed by atoms with van der Waals surface area (Å²) in [5.74, 6) is -0.942. The molecule has 61 heavy (non-hydrogen) atoms. The SMILES string of the molecule is [2H]C(CCCCCCCCCCCCCCC)CCC(O)[C@H]1OC(N(CCCCCCCCCCCCCCCCCC)C(=O)CC(=O)CCC(=O)CCCC)[C@H](O)[C@@H](O)[C@@H]1O. The van der Waals surface area contributed by atoms with Crippen molar-refractivity contribution in [2.24, 2.45) is 0 Å². The first-order chi connectivity index (χ1) is 30.1. The molecule has 0 aromatic heterocycles. The number of carbonyl (C=O) groups excluding carboxylic acids is 3. The molecular formula is C52H99NO8. The molecule has 7 atom stereocenters. The number of amides is 1. The van der Waals surface area contributed by atoms with Crippen LogP contribution in [-0.2, 0) is 19.1 Å². The summed E-state index contributed by atoms with van der Waals surface area (Å²) in [5.41, 5.74) is 0. The predicted molar refractivity (Wildman–Crippen MR) is 252 cm³/mol. The van der Waals surface area contributed by atoms with Crippen molar-refractivity contribution in [1.29, 1.82) is 0 Å². The van der Waals surface area contributed by atoms with Gasteiger partial charge in [-0.05, 0) is 19.3 Å². The van der Waals surface area contributed by atoms with E-state index >= 15 is 0 Å². The average Bonchev–Trinajstić information content (AvgIpc) is 3.26. The lowest BCUT2D eigenvalue weighted by molar-refractivity contribution is -0.273. The van der Waals surface area contributed by atoms with Crippen LogP contribution in [0.3, 0.4) is 0 Å². The molecular weight excluding hydrogens is 767 g/mol. The van der Waals surface area contributed by atoms with Crippen molar-refractivity contribution in [2.45, 2.75) is 308 Å². The van der Waals surface area contributed by atoms with E-state index in [1.165, 1.54) is 146 Å². The Kier molecular flexibility index (Phi) is 36.7. The quantitative estimate of drug-likeness (QED) is 0.0350. The van der Waals surface area contributed by atoms with E-state index in [0.717, 1.165) is 57.8 Å². The van der Waals surface area contributed by atoms with E-state index in [2.05, 4.69) is 13.8 Å². The maximum atomic E-state index is 13.7. The lowest BCUT2D eigenvalue weighted by atomic mass is 9.91. The molecule has 1 saturated heterocycles. The fourth-order valence-electron chi connectivity index (χ4n) is 8.73. The zero-order valence-corrected chi connectivity index (χ0v) is 40.0. The van der Waals surface area contributed by atoms with Gasteiger partial charge in [-0.3, -0.25) is 14.4 Å². The number of Topliss-reactive ketones (excluding diaryl/α,β-unsaturated/α-hetero) is 2. The molecule has 1 rings (SSSR count). The summed E-state index contributed by atoms with van der Waals surface area (Å²) in [6.07, 6.45) is 29.4. The highest BCUT2D eigenvalue weighted by Gasteiger charge is 2.49. The van der Waals surface area contributed by atoms with Crippen LogP contribution in [0.4, 0.5) is 0 Å². The van der Waals surface area contributed by atoms with Crippen LogP contribution >= 0.6 is 0 Å². The summed E-state index contributed by atoms with van der Waals surface area (Å²) in [4.78, 5) is 40.2. The number of ketones is 2. The Balaban J connectivity index is 2.63. The number of aliphatic hydroxyl groups excluding tert-OH is 4.